The molecule has 1 rings (SSSR count). The summed E-state index contributed by atoms with van der Waals surface area (Å²) in [6.45, 7) is 0. The summed E-state index contributed by atoms with van der Waals surface area (Å²) in [4.78, 5) is 0. The Morgan fingerprint density at radius 3 is 2.00 bits per heavy atom. The van der Waals surface area contributed by atoms with Gasteiger partial charge in [-0.15, -0.1) is 12.4 Å². The molecule has 0 aromatic rings. The highest BCUT2D eigenvalue weighted by atomic mass is 35.5. The molecule has 0 aromatic heterocycles. The third-order valence-electron chi connectivity index (χ3n) is 1.72. The Bertz CT molecular complexity index is 122. The molecular weight excluding hydrogens is 136 g/mol. The van der Waals surface area contributed by atoms with E-state index in [2.05, 4.69) is 6.07 Å². The zero-order chi connectivity index (χ0) is 6.04. The predicted octanol–water partition coefficient (Wildman–Crippen LogP) is 1.20. The number of hydrogen-bond donors (Lipinski definition) is 1. The Balaban J connectivity index is 0.000000640. The SMILES string of the molecule is Cl.N#CC1(N)CCCC1. The maximum Gasteiger partial charge on any atom is 0.104 e. The van der Waals surface area contributed by atoms with Gasteiger partial charge in [0.15, 0.2) is 0 Å². The van der Waals surface area contributed by atoms with E-state index in [0.717, 1.165) is 25.7 Å². The quantitative estimate of drug-likeness (QED) is 0.559. The number of halogens is 1. The average molecular weight is 147 g/mol. The van der Waals surface area contributed by atoms with Gasteiger partial charge in [-0.1, -0.05) is 12.8 Å². The van der Waals surface area contributed by atoms with Crippen molar-refractivity contribution in [3.8, 4) is 6.07 Å². The highest BCUT2D eigenvalue weighted by Gasteiger charge is 2.28. The number of rotatable bonds is 0. The van der Waals surface area contributed by atoms with Crippen molar-refractivity contribution in [2.24, 2.45) is 5.73 Å². The van der Waals surface area contributed by atoms with Crippen molar-refractivity contribution in [3.63, 3.8) is 0 Å². The van der Waals surface area contributed by atoms with E-state index in [4.69, 9.17) is 11.0 Å². The smallest absolute Gasteiger partial charge is 0.104 e. The Morgan fingerprint density at radius 2 is 1.78 bits per heavy atom. The van der Waals surface area contributed by atoms with Crippen LogP contribution >= 0.6 is 12.4 Å². The first-order valence-corrected chi connectivity index (χ1v) is 2.97. The Labute approximate surface area is 61.4 Å². The minimum Gasteiger partial charge on any atom is -0.313 e. The molecule has 0 aromatic carbocycles. The number of nitriles is 1. The molecule has 0 spiro atoms. The first kappa shape index (κ1) is 8.74. The number of hydrogen-bond acceptors (Lipinski definition) is 2. The van der Waals surface area contributed by atoms with Gasteiger partial charge in [0.2, 0.25) is 0 Å². The molecular formula is C6H11ClN2. The molecule has 2 nitrogen and oxygen atoms in total. The van der Waals surface area contributed by atoms with Crippen molar-refractivity contribution in [3.05, 3.63) is 0 Å². The van der Waals surface area contributed by atoms with Crippen LogP contribution in [-0.2, 0) is 0 Å². The minimum atomic E-state index is -0.458. The number of nitrogens with two attached hydrogens (primary N) is 1. The second kappa shape index (κ2) is 3.05. The molecule has 3 heteroatoms. The van der Waals surface area contributed by atoms with Crippen molar-refractivity contribution in [1.82, 2.24) is 0 Å². The standard InChI is InChI=1S/C6H10N2.ClH/c7-5-6(8)3-1-2-4-6;/h1-4,8H2;1H. The van der Waals surface area contributed by atoms with Gasteiger partial charge in [-0.25, -0.2) is 0 Å². The number of nitrogens with zero attached hydrogens (tertiary/aromatic N) is 1. The summed E-state index contributed by atoms with van der Waals surface area (Å²) < 4.78 is 0. The molecule has 0 radical (unpaired) electrons. The molecule has 1 aliphatic carbocycles. The van der Waals surface area contributed by atoms with E-state index < -0.39 is 5.54 Å². The molecule has 0 bridgehead atoms. The molecule has 2 N–H and O–H groups in total. The van der Waals surface area contributed by atoms with E-state index in [0.29, 0.717) is 0 Å². The van der Waals surface area contributed by atoms with E-state index in [1.165, 1.54) is 0 Å². The van der Waals surface area contributed by atoms with Gasteiger partial charge in [-0.2, -0.15) is 5.26 Å². The molecule has 0 aliphatic heterocycles. The Hall–Kier alpha value is -0.260. The largest absolute Gasteiger partial charge is 0.313 e. The molecule has 0 heterocycles. The van der Waals surface area contributed by atoms with Crippen LogP contribution in [0.5, 0.6) is 0 Å². The summed E-state index contributed by atoms with van der Waals surface area (Å²) >= 11 is 0. The fraction of sp³-hybridized carbons (Fsp3) is 0.833. The maximum absolute atomic E-state index is 8.45. The van der Waals surface area contributed by atoms with Gasteiger partial charge in [0.05, 0.1) is 6.07 Å². The summed E-state index contributed by atoms with van der Waals surface area (Å²) in [5.41, 5.74) is 5.14. The Kier molecular flexibility index (Phi) is 2.96. The first-order chi connectivity index (χ1) is 3.77. The summed E-state index contributed by atoms with van der Waals surface area (Å²) in [6.07, 6.45) is 4.04. The van der Waals surface area contributed by atoms with E-state index in [1.807, 2.05) is 0 Å². The van der Waals surface area contributed by atoms with Gasteiger partial charge in [0.1, 0.15) is 5.54 Å². The molecule has 9 heavy (non-hydrogen) atoms. The van der Waals surface area contributed by atoms with Crippen LogP contribution in [0, 0.1) is 11.3 Å². The summed E-state index contributed by atoms with van der Waals surface area (Å²) in [6, 6.07) is 2.12. The molecule has 1 saturated carbocycles. The molecule has 0 unspecified atom stereocenters. The van der Waals surface area contributed by atoms with Gasteiger partial charge in [-0.3, -0.25) is 0 Å². The van der Waals surface area contributed by atoms with Crippen molar-refractivity contribution in [2.45, 2.75) is 31.2 Å². The lowest BCUT2D eigenvalue weighted by Crippen LogP contribution is -2.33. The van der Waals surface area contributed by atoms with Crippen LogP contribution in [-0.4, -0.2) is 5.54 Å². The lowest BCUT2D eigenvalue weighted by atomic mass is 10.0. The fourth-order valence-electron chi connectivity index (χ4n) is 1.12. The van der Waals surface area contributed by atoms with Crippen molar-refractivity contribution in [2.75, 3.05) is 0 Å². The van der Waals surface area contributed by atoms with Crippen molar-refractivity contribution in [1.29, 1.82) is 5.26 Å². The average Bonchev–Trinajstić information content (AvgIpc) is 2.17. The predicted molar refractivity (Wildman–Crippen MR) is 38.2 cm³/mol. The topological polar surface area (TPSA) is 49.8 Å². The van der Waals surface area contributed by atoms with E-state index in [-0.39, 0.29) is 12.4 Å². The molecule has 0 amide bonds. The zero-order valence-electron chi connectivity index (χ0n) is 5.26. The fourth-order valence-corrected chi connectivity index (χ4v) is 1.12. The zero-order valence-corrected chi connectivity index (χ0v) is 6.08. The van der Waals surface area contributed by atoms with Crippen LogP contribution in [0.4, 0.5) is 0 Å². The van der Waals surface area contributed by atoms with Crippen LogP contribution in [0.25, 0.3) is 0 Å². The normalized spacial score (nSPS) is 22.2. The molecule has 1 fully saturated rings. The van der Waals surface area contributed by atoms with E-state index >= 15 is 0 Å². The van der Waals surface area contributed by atoms with Crippen LogP contribution in [0.2, 0.25) is 0 Å². The summed E-state index contributed by atoms with van der Waals surface area (Å²) in [5.74, 6) is 0. The van der Waals surface area contributed by atoms with Crippen LogP contribution in [0.3, 0.4) is 0 Å². The Morgan fingerprint density at radius 1 is 1.33 bits per heavy atom. The first-order valence-electron chi connectivity index (χ1n) is 2.97. The molecule has 0 atom stereocenters. The molecule has 52 valence electrons. The lowest BCUT2D eigenvalue weighted by Gasteiger charge is -2.10. The minimum absolute atomic E-state index is 0. The monoisotopic (exact) mass is 146 g/mol. The van der Waals surface area contributed by atoms with Gasteiger partial charge >= 0.3 is 0 Å². The molecule has 0 saturated heterocycles. The van der Waals surface area contributed by atoms with Gasteiger partial charge in [-0.05, 0) is 12.8 Å². The highest BCUT2D eigenvalue weighted by molar-refractivity contribution is 5.85. The molecule has 1 aliphatic rings. The van der Waals surface area contributed by atoms with Crippen molar-refractivity contribution < 1.29 is 0 Å². The van der Waals surface area contributed by atoms with Gasteiger partial charge < -0.3 is 5.73 Å². The lowest BCUT2D eigenvalue weighted by molar-refractivity contribution is 0.564. The highest BCUT2D eigenvalue weighted by Crippen LogP contribution is 2.25. The van der Waals surface area contributed by atoms with E-state index in [9.17, 15) is 0 Å². The second-order valence-electron chi connectivity index (χ2n) is 2.48. The van der Waals surface area contributed by atoms with Gasteiger partial charge in [0, 0.05) is 0 Å². The maximum atomic E-state index is 8.45. The summed E-state index contributed by atoms with van der Waals surface area (Å²) in [7, 11) is 0. The second-order valence-corrected chi connectivity index (χ2v) is 2.48. The third kappa shape index (κ3) is 1.85. The van der Waals surface area contributed by atoms with Crippen LogP contribution in [0.15, 0.2) is 0 Å². The van der Waals surface area contributed by atoms with Crippen LogP contribution < -0.4 is 5.73 Å². The van der Waals surface area contributed by atoms with Crippen LogP contribution in [0.1, 0.15) is 25.7 Å². The van der Waals surface area contributed by atoms with E-state index in [1.54, 1.807) is 0 Å². The summed E-state index contributed by atoms with van der Waals surface area (Å²) in [5, 5.41) is 8.45. The third-order valence-corrected chi connectivity index (χ3v) is 1.72. The van der Waals surface area contributed by atoms with Gasteiger partial charge in [0.25, 0.3) is 0 Å². The van der Waals surface area contributed by atoms with Crippen molar-refractivity contribution >= 4 is 12.4 Å².